The number of halogens is 1. The van der Waals surface area contributed by atoms with Gasteiger partial charge in [0, 0.05) is 11.9 Å². The minimum Gasteiger partial charge on any atom is -0.381 e. The Hall–Kier alpha value is -3.73. The normalized spacial score (nSPS) is 10.2. The Morgan fingerprint density at radius 2 is 2.00 bits per heavy atom. The van der Waals surface area contributed by atoms with E-state index in [-0.39, 0.29) is 16.9 Å². The third-order valence-electron chi connectivity index (χ3n) is 3.24. The van der Waals surface area contributed by atoms with Gasteiger partial charge in [0.25, 0.3) is 5.91 Å². The molecule has 0 bridgehead atoms. The summed E-state index contributed by atoms with van der Waals surface area (Å²) in [7, 11) is 0. The van der Waals surface area contributed by atoms with Gasteiger partial charge in [-0.2, -0.15) is 9.65 Å². The molecule has 0 spiro atoms. The lowest BCUT2D eigenvalue weighted by molar-refractivity contribution is 0.102. The summed E-state index contributed by atoms with van der Waals surface area (Å²) in [5.41, 5.74) is 7.39. The molecule has 0 aliphatic heterocycles. The van der Waals surface area contributed by atoms with Gasteiger partial charge in [-0.15, -0.1) is 5.10 Å². The fourth-order valence-electron chi connectivity index (χ4n) is 2.02. The maximum atomic E-state index is 12.8. The van der Waals surface area contributed by atoms with Gasteiger partial charge in [0.2, 0.25) is 5.95 Å². The molecule has 0 fully saturated rings. The average molecular weight is 322 g/mol. The van der Waals surface area contributed by atoms with Gasteiger partial charge in [0.1, 0.15) is 11.6 Å². The largest absolute Gasteiger partial charge is 0.381 e. The number of nitrogens with two attached hydrogens (primary N) is 1. The Morgan fingerprint density at radius 1 is 1.25 bits per heavy atom. The van der Waals surface area contributed by atoms with E-state index < -0.39 is 11.9 Å². The maximum Gasteiger partial charge on any atom is 0.257 e. The van der Waals surface area contributed by atoms with E-state index in [2.05, 4.69) is 15.4 Å². The van der Waals surface area contributed by atoms with Crippen LogP contribution in [0.15, 0.2) is 48.8 Å². The van der Waals surface area contributed by atoms with Crippen molar-refractivity contribution < 1.29 is 9.18 Å². The molecule has 1 aromatic carbocycles. The molecular weight excluding hydrogens is 311 g/mol. The fourth-order valence-corrected chi connectivity index (χ4v) is 2.02. The Bertz CT molecular complexity index is 925. The van der Waals surface area contributed by atoms with Gasteiger partial charge in [-0.25, -0.2) is 9.67 Å². The van der Waals surface area contributed by atoms with Crippen LogP contribution in [0.4, 0.5) is 15.9 Å². The molecule has 0 atom stereocenters. The first kappa shape index (κ1) is 15.2. The average Bonchev–Trinajstić information content (AvgIpc) is 2.97. The Labute approximate surface area is 136 Å². The maximum absolute atomic E-state index is 12.8. The van der Waals surface area contributed by atoms with E-state index in [0.717, 1.165) is 12.3 Å². The molecule has 118 valence electrons. The van der Waals surface area contributed by atoms with Gasteiger partial charge in [-0.1, -0.05) is 0 Å². The molecule has 0 saturated carbocycles. The molecule has 24 heavy (non-hydrogen) atoms. The van der Waals surface area contributed by atoms with E-state index >= 15 is 0 Å². The molecule has 1 amide bonds. The molecular formula is C16H11FN6O. The van der Waals surface area contributed by atoms with Crippen LogP contribution in [0.1, 0.15) is 15.9 Å². The number of anilines is 2. The first-order valence-electron chi connectivity index (χ1n) is 6.85. The molecule has 3 aromatic rings. The topological polar surface area (TPSA) is 110 Å². The number of hydrogen-bond donors (Lipinski definition) is 2. The van der Waals surface area contributed by atoms with E-state index in [9.17, 15) is 9.18 Å². The van der Waals surface area contributed by atoms with E-state index in [0.29, 0.717) is 11.4 Å². The molecule has 0 saturated heterocycles. The van der Waals surface area contributed by atoms with Crippen LogP contribution >= 0.6 is 0 Å². The highest BCUT2D eigenvalue weighted by atomic mass is 19.1. The molecule has 0 unspecified atom stereocenters. The third kappa shape index (κ3) is 3.05. The summed E-state index contributed by atoms with van der Waals surface area (Å²) in [4.78, 5) is 15.5. The van der Waals surface area contributed by atoms with Gasteiger partial charge >= 0.3 is 0 Å². The highest BCUT2D eigenvalue weighted by Gasteiger charge is 2.09. The number of nitrogen functional groups attached to an aromatic ring is 1. The number of hydrogen-bond acceptors (Lipinski definition) is 5. The van der Waals surface area contributed by atoms with Crippen LogP contribution < -0.4 is 11.1 Å². The molecule has 3 N–H and O–H groups in total. The number of nitriles is 1. The zero-order valence-electron chi connectivity index (χ0n) is 12.3. The van der Waals surface area contributed by atoms with Crippen molar-refractivity contribution >= 4 is 17.4 Å². The van der Waals surface area contributed by atoms with Crippen molar-refractivity contribution in [3.8, 4) is 11.8 Å². The molecule has 0 radical (unpaired) electrons. The lowest BCUT2D eigenvalue weighted by atomic mass is 10.2. The second-order valence-electron chi connectivity index (χ2n) is 4.85. The van der Waals surface area contributed by atoms with Crippen molar-refractivity contribution in [1.29, 1.82) is 5.26 Å². The van der Waals surface area contributed by atoms with Gasteiger partial charge in [-0.05, 0) is 36.4 Å². The number of aromatic nitrogens is 3. The van der Waals surface area contributed by atoms with E-state index in [4.69, 9.17) is 11.0 Å². The monoisotopic (exact) mass is 322 g/mol. The SMILES string of the molecule is N#Cc1cn(-c2ccc(NC(=O)c3ccc(F)nc3)cc2)nc1N. The number of carbonyl (C=O) groups excluding carboxylic acids is 1. The number of amides is 1. The predicted molar refractivity (Wildman–Crippen MR) is 84.8 cm³/mol. The summed E-state index contributed by atoms with van der Waals surface area (Å²) >= 11 is 0. The van der Waals surface area contributed by atoms with Crippen molar-refractivity contribution in [3.05, 3.63) is 65.9 Å². The summed E-state index contributed by atoms with van der Waals surface area (Å²) in [5, 5.41) is 15.6. The van der Waals surface area contributed by atoms with Crippen molar-refractivity contribution in [2.75, 3.05) is 11.1 Å². The smallest absolute Gasteiger partial charge is 0.257 e. The molecule has 2 aromatic heterocycles. The van der Waals surface area contributed by atoms with E-state index in [1.54, 1.807) is 24.3 Å². The molecule has 7 nitrogen and oxygen atoms in total. The van der Waals surface area contributed by atoms with Crippen LogP contribution in [-0.4, -0.2) is 20.7 Å². The summed E-state index contributed by atoms with van der Waals surface area (Å²) in [6.45, 7) is 0. The highest BCUT2D eigenvalue weighted by Crippen LogP contribution is 2.16. The summed E-state index contributed by atoms with van der Waals surface area (Å²) in [6.07, 6.45) is 2.68. The minimum absolute atomic E-state index is 0.152. The van der Waals surface area contributed by atoms with Crippen LogP contribution in [-0.2, 0) is 0 Å². The number of pyridine rings is 1. The summed E-state index contributed by atoms with van der Waals surface area (Å²) in [6, 6.07) is 11.2. The minimum atomic E-state index is -0.647. The van der Waals surface area contributed by atoms with Crippen molar-refractivity contribution in [2.24, 2.45) is 0 Å². The van der Waals surface area contributed by atoms with Gasteiger partial charge in [-0.3, -0.25) is 4.79 Å². The van der Waals surface area contributed by atoms with E-state index in [1.165, 1.54) is 16.9 Å². The Balaban J connectivity index is 1.75. The van der Waals surface area contributed by atoms with Gasteiger partial charge in [0.05, 0.1) is 17.4 Å². The van der Waals surface area contributed by atoms with Crippen molar-refractivity contribution in [1.82, 2.24) is 14.8 Å². The Morgan fingerprint density at radius 3 is 2.58 bits per heavy atom. The second kappa shape index (κ2) is 6.18. The molecule has 2 heterocycles. The lowest BCUT2D eigenvalue weighted by Crippen LogP contribution is -2.12. The highest BCUT2D eigenvalue weighted by molar-refractivity contribution is 6.04. The molecule has 8 heteroatoms. The molecule has 0 aliphatic rings. The lowest BCUT2D eigenvalue weighted by Gasteiger charge is -2.06. The number of benzene rings is 1. The standard InChI is InChI=1S/C16H11FN6O/c17-14-6-1-10(8-20-14)16(24)21-12-2-4-13(5-3-12)23-9-11(7-18)15(19)22-23/h1-6,8-9H,(H2,19,22)(H,21,24). The number of nitrogens with one attached hydrogen (secondary N) is 1. The summed E-state index contributed by atoms with van der Waals surface area (Å²) < 4.78 is 14.2. The van der Waals surface area contributed by atoms with Crippen LogP contribution in [0, 0.1) is 17.3 Å². The van der Waals surface area contributed by atoms with Crippen LogP contribution in [0.5, 0.6) is 0 Å². The van der Waals surface area contributed by atoms with Crippen molar-refractivity contribution in [3.63, 3.8) is 0 Å². The van der Waals surface area contributed by atoms with Crippen LogP contribution in [0.3, 0.4) is 0 Å². The zero-order valence-corrected chi connectivity index (χ0v) is 12.3. The number of nitrogens with zero attached hydrogens (tertiary/aromatic N) is 4. The predicted octanol–water partition coefficient (Wildman–Crippen LogP) is 2.11. The quantitative estimate of drug-likeness (QED) is 0.718. The van der Waals surface area contributed by atoms with Crippen LogP contribution in [0.25, 0.3) is 5.69 Å². The number of rotatable bonds is 3. The van der Waals surface area contributed by atoms with Gasteiger partial charge < -0.3 is 11.1 Å². The first-order valence-corrected chi connectivity index (χ1v) is 6.85. The second-order valence-corrected chi connectivity index (χ2v) is 4.85. The zero-order chi connectivity index (χ0) is 17.1. The van der Waals surface area contributed by atoms with Crippen molar-refractivity contribution in [2.45, 2.75) is 0 Å². The third-order valence-corrected chi connectivity index (χ3v) is 3.24. The fraction of sp³-hybridized carbons (Fsp3) is 0. The first-order chi connectivity index (χ1) is 11.6. The van der Waals surface area contributed by atoms with Gasteiger partial charge in [0.15, 0.2) is 5.82 Å². The Kier molecular flexibility index (Phi) is 3.91. The molecule has 0 aliphatic carbocycles. The van der Waals surface area contributed by atoms with E-state index in [1.807, 2.05) is 6.07 Å². The molecule has 3 rings (SSSR count). The van der Waals surface area contributed by atoms with Crippen LogP contribution in [0.2, 0.25) is 0 Å². The summed E-state index contributed by atoms with van der Waals surface area (Å²) in [5.74, 6) is -0.893. The number of carbonyl (C=O) groups is 1.